The lowest BCUT2D eigenvalue weighted by Gasteiger charge is -2.13. The van der Waals surface area contributed by atoms with Crippen LogP contribution in [0.3, 0.4) is 0 Å². The van der Waals surface area contributed by atoms with Gasteiger partial charge in [0.1, 0.15) is 4.21 Å². The molecule has 1 atom stereocenters. The van der Waals surface area contributed by atoms with Gasteiger partial charge in [-0.3, -0.25) is 4.79 Å². The van der Waals surface area contributed by atoms with Crippen LogP contribution >= 0.6 is 11.3 Å². The van der Waals surface area contributed by atoms with Gasteiger partial charge in [-0.15, -0.1) is 11.3 Å². The topological polar surface area (TPSA) is 87.3 Å². The molecular weight excluding hydrogens is 286 g/mol. The number of nitrogens with one attached hydrogen (secondary N) is 3. The van der Waals surface area contributed by atoms with E-state index in [2.05, 4.69) is 15.4 Å². The number of rotatable bonds is 8. The molecule has 0 saturated heterocycles. The van der Waals surface area contributed by atoms with Crippen molar-refractivity contribution in [3.8, 4) is 0 Å². The molecule has 8 heteroatoms. The van der Waals surface area contributed by atoms with Gasteiger partial charge in [0.15, 0.2) is 0 Å². The molecule has 0 spiro atoms. The van der Waals surface area contributed by atoms with Gasteiger partial charge in [-0.1, -0.05) is 13.0 Å². The highest BCUT2D eigenvalue weighted by molar-refractivity contribution is 7.91. The smallest absolute Gasteiger partial charge is 0.250 e. The normalized spacial score (nSPS) is 13.2. The number of amides is 1. The molecule has 3 N–H and O–H groups in total. The van der Waals surface area contributed by atoms with Crippen molar-refractivity contribution in [2.75, 3.05) is 19.6 Å². The number of carbonyl (C=O) groups excluding carboxylic acids is 1. The van der Waals surface area contributed by atoms with Crippen LogP contribution in [0.1, 0.15) is 13.8 Å². The Kier molecular flexibility index (Phi) is 6.43. The Labute approximate surface area is 117 Å². The second-order valence-electron chi connectivity index (χ2n) is 3.92. The standard InChI is InChI=1S/C11H19N3O3S2/c1-3-12-6-7-13-11(15)9(2)14-19(16,17)10-5-4-8-18-10/h4-5,8-9,12,14H,3,6-7H2,1-2H3,(H,13,15). The van der Waals surface area contributed by atoms with Gasteiger partial charge in [0.05, 0.1) is 6.04 Å². The van der Waals surface area contributed by atoms with Crippen LogP contribution in [0.25, 0.3) is 0 Å². The first kappa shape index (κ1) is 16.1. The van der Waals surface area contributed by atoms with Crippen molar-refractivity contribution in [3.05, 3.63) is 17.5 Å². The lowest BCUT2D eigenvalue weighted by molar-refractivity contribution is -0.122. The molecule has 1 rings (SSSR count). The lowest BCUT2D eigenvalue weighted by Crippen LogP contribution is -2.46. The van der Waals surface area contributed by atoms with Crippen LogP contribution in [-0.4, -0.2) is 40.0 Å². The summed E-state index contributed by atoms with van der Waals surface area (Å²) in [7, 11) is -3.60. The summed E-state index contributed by atoms with van der Waals surface area (Å²) in [5.41, 5.74) is 0. The van der Waals surface area contributed by atoms with Crippen molar-refractivity contribution in [2.24, 2.45) is 0 Å². The van der Waals surface area contributed by atoms with Gasteiger partial charge in [0.25, 0.3) is 10.0 Å². The minimum absolute atomic E-state index is 0.208. The fourth-order valence-corrected chi connectivity index (χ4v) is 3.58. The monoisotopic (exact) mass is 305 g/mol. The summed E-state index contributed by atoms with van der Waals surface area (Å²) in [4.78, 5) is 11.7. The Balaban J connectivity index is 2.46. The molecule has 1 heterocycles. The quantitative estimate of drug-likeness (QED) is 0.596. The molecule has 0 radical (unpaired) electrons. The molecule has 0 aliphatic rings. The maximum Gasteiger partial charge on any atom is 0.250 e. The van der Waals surface area contributed by atoms with E-state index in [0.29, 0.717) is 13.1 Å². The maximum atomic E-state index is 11.9. The molecule has 1 unspecified atom stereocenters. The first-order valence-corrected chi connectivity index (χ1v) is 8.38. The first-order chi connectivity index (χ1) is 8.97. The third-order valence-corrected chi connectivity index (χ3v) is 5.27. The molecular formula is C11H19N3O3S2. The van der Waals surface area contributed by atoms with E-state index in [1.54, 1.807) is 11.4 Å². The van der Waals surface area contributed by atoms with E-state index in [0.717, 1.165) is 17.9 Å². The highest BCUT2D eigenvalue weighted by Gasteiger charge is 2.22. The molecule has 6 nitrogen and oxygen atoms in total. The second kappa shape index (κ2) is 7.59. The van der Waals surface area contributed by atoms with Crippen molar-refractivity contribution >= 4 is 27.3 Å². The van der Waals surface area contributed by atoms with E-state index >= 15 is 0 Å². The summed E-state index contributed by atoms with van der Waals surface area (Å²) < 4.78 is 26.3. The molecule has 0 aliphatic carbocycles. The summed E-state index contributed by atoms with van der Waals surface area (Å²) in [6, 6.07) is 2.36. The Hall–Kier alpha value is -0.960. The van der Waals surface area contributed by atoms with Crippen LogP contribution < -0.4 is 15.4 Å². The van der Waals surface area contributed by atoms with E-state index in [4.69, 9.17) is 0 Å². The minimum Gasteiger partial charge on any atom is -0.353 e. The first-order valence-electron chi connectivity index (χ1n) is 6.01. The molecule has 1 aromatic rings. The zero-order valence-electron chi connectivity index (χ0n) is 11.0. The second-order valence-corrected chi connectivity index (χ2v) is 6.81. The minimum atomic E-state index is -3.60. The number of carbonyl (C=O) groups is 1. The molecule has 0 aliphatic heterocycles. The highest BCUT2D eigenvalue weighted by atomic mass is 32.2. The van der Waals surface area contributed by atoms with E-state index in [9.17, 15) is 13.2 Å². The highest BCUT2D eigenvalue weighted by Crippen LogP contribution is 2.15. The molecule has 19 heavy (non-hydrogen) atoms. The van der Waals surface area contributed by atoms with Crippen molar-refractivity contribution in [1.82, 2.24) is 15.4 Å². The van der Waals surface area contributed by atoms with Crippen molar-refractivity contribution in [1.29, 1.82) is 0 Å². The maximum absolute atomic E-state index is 11.9. The van der Waals surface area contributed by atoms with Crippen molar-refractivity contribution in [2.45, 2.75) is 24.1 Å². The zero-order valence-corrected chi connectivity index (χ0v) is 12.6. The van der Waals surface area contributed by atoms with Crippen LogP contribution in [0.4, 0.5) is 0 Å². The average molecular weight is 305 g/mol. The summed E-state index contributed by atoms with van der Waals surface area (Å²) in [6.45, 7) is 5.45. The molecule has 0 fully saturated rings. The third-order valence-electron chi connectivity index (χ3n) is 2.34. The van der Waals surface area contributed by atoms with Crippen LogP contribution in [0.5, 0.6) is 0 Å². The molecule has 1 amide bonds. The lowest BCUT2D eigenvalue weighted by atomic mass is 10.3. The number of hydrogen-bond donors (Lipinski definition) is 3. The molecule has 0 bridgehead atoms. The van der Waals surface area contributed by atoms with E-state index in [-0.39, 0.29) is 10.1 Å². The summed E-state index contributed by atoms with van der Waals surface area (Å²) >= 11 is 1.12. The number of sulfonamides is 1. The number of thiophene rings is 1. The van der Waals surface area contributed by atoms with Gasteiger partial charge in [-0.2, -0.15) is 4.72 Å². The SMILES string of the molecule is CCNCCNC(=O)C(C)NS(=O)(=O)c1cccs1. The van der Waals surface area contributed by atoms with Gasteiger partial charge in [-0.25, -0.2) is 8.42 Å². The number of hydrogen-bond acceptors (Lipinski definition) is 5. The van der Waals surface area contributed by atoms with Crippen molar-refractivity contribution in [3.63, 3.8) is 0 Å². The van der Waals surface area contributed by atoms with Crippen LogP contribution in [0, 0.1) is 0 Å². The van der Waals surface area contributed by atoms with Crippen LogP contribution in [-0.2, 0) is 14.8 Å². The van der Waals surface area contributed by atoms with E-state index in [1.165, 1.54) is 13.0 Å². The molecule has 0 saturated carbocycles. The molecule has 1 aromatic heterocycles. The van der Waals surface area contributed by atoms with Gasteiger partial charge in [0.2, 0.25) is 5.91 Å². The van der Waals surface area contributed by atoms with Crippen LogP contribution in [0.15, 0.2) is 21.7 Å². The van der Waals surface area contributed by atoms with Gasteiger partial charge in [0, 0.05) is 13.1 Å². The fourth-order valence-electron chi connectivity index (χ4n) is 1.36. The predicted octanol–water partition coefficient (Wildman–Crippen LogP) is 0.141. The summed E-state index contributed by atoms with van der Waals surface area (Å²) in [6.07, 6.45) is 0. The summed E-state index contributed by atoms with van der Waals surface area (Å²) in [5.74, 6) is -0.335. The van der Waals surface area contributed by atoms with Gasteiger partial charge >= 0.3 is 0 Å². The Morgan fingerprint density at radius 2 is 2.16 bits per heavy atom. The fraction of sp³-hybridized carbons (Fsp3) is 0.545. The molecule has 108 valence electrons. The van der Waals surface area contributed by atoms with Crippen LogP contribution in [0.2, 0.25) is 0 Å². The zero-order chi connectivity index (χ0) is 14.3. The van der Waals surface area contributed by atoms with E-state index in [1.807, 2.05) is 6.92 Å². The van der Waals surface area contributed by atoms with Gasteiger partial charge < -0.3 is 10.6 Å². The third kappa shape index (κ3) is 5.27. The number of likely N-dealkylation sites (N-methyl/N-ethyl adjacent to an activating group) is 1. The van der Waals surface area contributed by atoms with E-state index < -0.39 is 16.1 Å². The van der Waals surface area contributed by atoms with Crippen molar-refractivity contribution < 1.29 is 13.2 Å². The van der Waals surface area contributed by atoms with Gasteiger partial charge in [-0.05, 0) is 24.9 Å². The average Bonchev–Trinajstić information content (AvgIpc) is 2.88. The summed E-state index contributed by atoms with van der Waals surface area (Å²) in [5, 5.41) is 7.40. The molecule has 0 aromatic carbocycles. The Morgan fingerprint density at radius 3 is 2.74 bits per heavy atom. The predicted molar refractivity (Wildman–Crippen MR) is 75.7 cm³/mol. The Morgan fingerprint density at radius 1 is 1.42 bits per heavy atom. The largest absolute Gasteiger partial charge is 0.353 e. The Bertz CT molecular complexity index is 485.